The van der Waals surface area contributed by atoms with Crippen molar-refractivity contribution in [1.29, 1.82) is 0 Å². The number of aromatic nitrogens is 1. The van der Waals surface area contributed by atoms with Crippen LogP contribution in [-0.4, -0.2) is 4.98 Å². The van der Waals surface area contributed by atoms with Gasteiger partial charge in [0, 0.05) is 11.0 Å². The van der Waals surface area contributed by atoms with Gasteiger partial charge in [0.1, 0.15) is 0 Å². The summed E-state index contributed by atoms with van der Waals surface area (Å²) < 4.78 is 24.7. The van der Waals surface area contributed by atoms with Gasteiger partial charge in [0.15, 0.2) is 0 Å². The standard InChI is InChI=1S/C8H8BrF2NO/c1-4-2-5(3-9)6(7(10)11)8(13)12-4/h2,7H,3H2,1H3,(H,12,13). The molecule has 0 unspecified atom stereocenters. The minimum absolute atomic E-state index is 0.261. The van der Waals surface area contributed by atoms with E-state index in [0.29, 0.717) is 11.3 Å². The van der Waals surface area contributed by atoms with Gasteiger partial charge in [-0.05, 0) is 18.6 Å². The SMILES string of the molecule is Cc1cc(CBr)c(C(F)F)c(=O)[nH]1. The average molecular weight is 252 g/mol. The van der Waals surface area contributed by atoms with E-state index in [-0.39, 0.29) is 5.33 Å². The number of H-pyrrole nitrogens is 1. The molecule has 1 N–H and O–H groups in total. The normalized spacial score (nSPS) is 10.8. The molecular weight excluding hydrogens is 244 g/mol. The van der Waals surface area contributed by atoms with Crippen LogP contribution in [0.4, 0.5) is 8.78 Å². The lowest BCUT2D eigenvalue weighted by Gasteiger charge is -2.05. The van der Waals surface area contributed by atoms with Crippen LogP contribution in [0.2, 0.25) is 0 Å². The Morgan fingerprint density at radius 3 is 2.69 bits per heavy atom. The van der Waals surface area contributed by atoms with Crippen LogP contribution < -0.4 is 5.56 Å². The quantitative estimate of drug-likeness (QED) is 0.806. The summed E-state index contributed by atoms with van der Waals surface area (Å²) in [7, 11) is 0. The average Bonchev–Trinajstić information content (AvgIpc) is 2.01. The summed E-state index contributed by atoms with van der Waals surface area (Å²) in [5, 5.41) is 0.261. The monoisotopic (exact) mass is 251 g/mol. The minimum Gasteiger partial charge on any atom is -0.326 e. The second-order valence-electron chi connectivity index (χ2n) is 2.65. The third kappa shape index (κ3) is 2.15. The zero-order valence-corrected chi connectivity index (χ0v) is 8.49. The number of aryl methyl sites for hydroxylation is 1. The first kappa shape index (κ1) is 10.4. The maximum atomic E-state index is 12.4. The highest BCUT2D eigenvalue weighted by Crippen LogP contribution is 2.21. The van der Waals surface area contributed by atoms with Crippen LogP contribution in [-0.2, 0) is 5.33 Å². The maximum Gasteiger partial charge on any atom is 0.269 e. The second-order valence-corrected chi connectivity index (χ2v) is 3.22. The molecule has 0 spiro atoms. The summed E-state index contributed by atoms with van der Waals surface area (Å²) in [6.07, 6.45) is -2.73. The number of hydrogen-bond donors (Lipinski definition) is 1. The van der Waals surface area contributed by atoms with Crippen LogP contribution in [0.5, 0.6) is 0 Å². The Labute approximate surface area is 82.1 Å². The van der Waals surface area contributed by atoms with Gasteiger partial charge in [-0.15, -0.1) is 0 Å². The minimum atomic E-state index is -2.73. The molecule has 72 valence electrons. The Morgan fingerprint density at radius 1 is 1.62 bits per heavy atom. The van der Waals surface area contributed by atoms with Crippen molar-refractivity contribution in [2.45, 2.75) is 18.7 Å². The molecule has 1 heterocycles. The van der Waals surface area contributed by atoms with Gasteiger partial charge in [-0.25, -0.2) is 8.78 Å². The second kappa shape index (κ2) is 4.00. The van der Waals surface area contributed by atoms with E-state index in [9.17, 15) is 13.6 Å². The molecule has 1 rings (SSSR count). The lowest BCUT2D eigenvalue weighted by atomic mass is 10.1. The fourth-order valence-corrected chi connectivity index (χ4v) is 1.58. The summed E-state index contributed by atoms with van der Waals surface area (Å²) in [6, 6.07) is 1.54. The predicted octanol–water partition coefficient (Wildman–Crippen LogP) is 2.52. The summed E-state index contributed by atoms with van der Waals surface area (Å²) in [6.45, 7) is 1.66. The number of aromatic amines is 1. The first-order valence-electron chi connectivity index (χ1n) is 3.63. The van der Waals surface area contributed by atoms with Gasteiger partial charge in [-0.1, -0.05) is 15.9 Å². The van der Waals surface area contributed by atoms with Crippen molar-refractivity contribution in [2.24, 2.45) is 0 Å². The van der Waals surface area contributed by atoms with Crippen molar-refractivity contribution in [3.8, 4) is 0 Å². The molecule has 0 radical (unpaired) electrons. The molecular formula is C8H8BrF2NO. The summed E-state index contributed by atoms with van der Waals surface area (Å²) in [5.74, 6) is 0. The Balaban J connectivity index is 3.39. The fraction of sp³-hybridized carbons (Fsp3) is 0.375. The van der Waals surface area contributed by atoms with E-state index in [4.69, 9.17) is 0 Å². The number of alkyl halides is 3. The third-order valence-electron chi connectivity index (χ3n) is 1.65. The highest BCUT2D eigenvalue weighted by molar-refractivity contribution is 9.08. The zero-order chi connectivity index (χ0) is 10.0. The number of pyridine rings is 1. The lowest BCUT2D eigenvalue weighted by Crippen LogP contribution is -2.16. The predicted molar refractivity (Wildman–Crippen MR) is 49.4 cm³/mol. The van der Waals surface area contributed by atoms with Gasteiger partial charge in [0.2, 0.25) is 0 Å². The van der Waals surface area contributed by atoms with Gasteiger partial charge in [-0.2, -0.15) is 0 Å². The highest BCUT2D eigenvalue weighted by atomic mass is 79.9. The van der Waals surface area contributed by atoms with Crippen molar-refractivity contribution >= 4 is 15.9 Å². The molecule has 0 fully saturated rings. The van der Waals surface area contributed by atoms with E-state index >= 15 is 0 Å². The first-order chi connectivity index (χ1) is 6.06. The van der Waals surface area contributed by atoms with Crippen LogP contribution in [0.1, 0.15) is 23.2 Å². The molecule has 0 saturated carbocycles. The van der Waals surface area contributed by atoms with Crippen molar-refractivity contribution in [3.05, 3.63) is 33.2 Å². The van der Waals surface area contributed by atoms with Crippen LogP contribution in [0.15, 0.2) is 10.9 Å². The summed E-state index contributed by atoms with van der Waals surface area (Å²) in [5.41, 5.74) is -0.216. The molecule has 0 aliphatic heterocycles. The smallest absolute Gasteiger partial charge is 0.269 e. The van der Waals surface area contributed by atoms with E-state index in [1.54, 1.807) is 6.92 Å². The molecule has 0 atom stereocenters. The van der Waals surface area contributed by atoms with Crippen molar-refractivity contribution in [2.75, 3.05) is 0 Å². The van der Waals surface area contributed by atoms with Gasteiger partial charge in [0.05, 0.1) is 5.56 Å². The Bertz CT molecular complexity index is 362. The molecule has 2 nitrogen and oxygen atoms in total. The molecule has 0 aliphatic rings. The van der Waals surface area contributed by atoms with Crippen LogP contribution in [0.25, 0.3) is 0 Å². The van der Waals surface area contributed by atoms with Crippen LogP contribution >= 0.6 is 15.9 Å². The van der Waals surface area contributed by atoms with Crippen molar-refractivity contribution in [3.63, 3.8) is 0 Å². The number of hydrogen-bond acceptors (Lipinski definition) is 1. The summed E-state index contributed by atoms with van der Waals surface area (Å²) in [4.78, 5) is 13.4. The van der Waals surface area contributed by atoms with Gasteiger partial charge >= 0.3 is 0 Å². The zero-order valence-electron chi connectivity index (χ0n) is 6.90. The number of nitrogens with one attached hydrogen (secondary N) is 1. The summed E-state index contributed by atoms with van der Waals surface area (Å²) >= 11 is 3.06. The Hall–Kier alpha value is -0.710. The molecule has 0 saturated heterocycles. The van der Waals surface area contributed by atoms with E-state index < -0.39 is 17.5 Å². The highest BCUT2D eigenvalue weighted by Gasteiger charge is 2.16. The molecule has 5 heteroatoms. The molecule has 0 aliphatic carbocycles. The molecule has 0 bridgehead atoms. The largest absolute Gasteiger partial charge is 0.326 e. The number of halogens is 3. The van der Waals surface area contributed by atoms with Crippen LogP contribution in [0, 0.1) is 6.92 Å². The maximum absolute atomic E-state index is 12.4. The van der Waals surface area contributed by atoms with E-state index in [2.05, 4.69) is 20.9 Å². The third-order valence-corrected chi connectivity index (χ3v) is 2.26. The topological polar surface area (TPSA) is 32.9 Å². The fourth-order valence-electron chi connectivity index (χ4n) is 1.12. The molecule has 0 aromatic carbocycles. The molecule has 1 aromatic heterocycles. The van der Waals surface area contributed by atoms with Crippen molar-refractivity contribution < 1.29 is 8.78 Å². The molecule has 13 heavy (non-hydrogen) atoms. The van der Waals surface area contributed by atoms with E-state index in [1.165, 1.54) is 6.07 Å². The lowest BCUT2D eigenvalue weighted by molar-refractivity contribution is 0.148. The molecule has 0 amide bonds. The van der Waals surface area contributed by atoms with Gasteiger partial charge in [0.25, 0.3) is 12.0 Å². The van der Waals surface area contributed by atoms with Gasteiger partial charge in [-0.3, -0.25) is 4.79 Å². The molecule has 1 aromatic rings. The van der Waals surface area contributed by atoms with Crippen LogP contribution in [0.3, 0.4) is 0 Å². The van der Waals surface area contributed by atoms with Crippen molar-refractivity contribution in [1.82, 2.24) is 4.98 Å². The van der Waals surface area contributed by atoms with E-state index in [1.807, 2.05) is 0 Å². The van der Waals surface area contributed by atoms with Gasteiger partial charge < -0.3 is 4.98 Å². The Morgan fingerprint density at radius 2 is 2.23 bits per heavy atom. The number of rotatable bonds is 2. The first-order valence-corrected chi connectivity index (χ1v) is 4.75. The Kier molecular flexibility index (Phi) is 3.19. The van der Waals surface area contributed by atoms with E-state index in [0.717, 1.165) is 0 Å².